The number of imidazole rings is 1. The highest BCUT2D eigenvalue weighted by atomic mass is 16.5. The van der Waals surface area contributed by atoms with E-state index in [1.165, 1.54) is 11.1 Å². The van der Waals surface area contributed by atoms with Gasteiger partial charge in [-0.25, -0.2) is 4.98 Å². The molecule has 0 saturated carbocycles. The van der Waals surface area contributed by atoms with E-state index in [2.05, 4.69) is 64.3 Å². The van der Waals surface area contributed by atoms with Crippen molar-refractivity contribution in [3.63, 3.8) is 0 Å². The summed E-state index contributed by atoms with van der Waals surface area (Å²) in [6.45, 7) is 11.8. The number of aryl methyl sites for hydroxylation is 3. The van der Waals surface area contributed by atoms with Crippen LogP contribution in [0.4, 0.5) is 11.6 Å². The summed E-state index contributed by atoms with van der Waals surface area (Å²) in [4.78, 5) is 24.6. The maximum Gasteiger partial charge on any atom is 0.217 e. The maximum absolute atomic E-state index is 11.3. The number of hydrogen-bond donors (Lipinski definition) is 4. The summed E-state index contributed by atoms with van der Waals surface area (Å²) in [6, 6.07) is 12.9. The molecule has 3 heterocycles. The molecule has 5 N–H and O–H groups in total. The number of aliphatic hydroxyl groups is 2. The van der Waals surface area contributed by atoms with Gasteiger partial charge in [-0.05, 0) is 81.0 Å². The van der Waals surface area contributed by atoms with Crippen LogP contribution in [-0.4, -0.2) is 94.9 Å². The van der Waals surface area contributed by atoms with Crippen molar-refractivity contribution in [2.24, 2.45) is 17.8 Å². The van der Waals surface area contributed by atoms with Gasteiger partial charge in [-0.15, -0.1) is 0 Å². The van der Waals surface area contributed by atoms with Gasteiger partial charge in [-0.3, -0.25) is 14.7 Å². The number of ether oxygens (including phenoxy) is 1. The number of aliphatic hydroxyl groups excluding tert-OH is 2. The molecule has 0 bridgehead atoms. The van der Waals surface area contributed by atoms with Crippen molar-refractivity contribution in [1.82, 2.24) is 14.5 Å². The molecule has 2 aliphatic heterocycles. The van der Waals surface area contributed by atoms with Crippen LogP contribution in [0.2, 0.25) is 0 Å². The van der Waals surface area contributed by atoms with Crippen molar-refractivity contribution in [2.75, 3.05) is 56.2 Å². The van der Waals surface area contributed by atoms with Gasteiger partial charge in [0, 0.05) is 70.3 Å². The fraction of sp³-hybridized carbons (Fsp3) is 0.514. The zero-order valence-corrected chi connectivity index (χ0v) is 27.8. The van der Waals surface area contributed by atoms with Crippen LogP contribution >= 0.6 is 0 Å². The van der Waals surface area contributed by atoms with Crippen LogP contribution in [0, 0.1) is 13.8 Å². The highest BCUT2D eigenvalue weighted by Crippen LogP contribution is 2.25. The third kappa shape index (κ3) is 10.9. The van der Waals surface area contributed by atoms with Crippen LogP contribution < -0.4 is 16.0 Å². The third-order valence-corrected chi connectivity index (χ3v) is 8.16. The Kier molecular flexibility index (Phi) is 13.1. The summed E-state index contributed by atoms with van der Waals surface area (Å²) in [5, 5.41) is 22.9. The van der Waals surface area contributed by atoms with Crippen molar-refractivity contribution in [3.05, 3.63) is 64.9 Å². The Hall–Kier alpha value is -3.77. The predicted molar refractivity (Wildman–Crippen MR) is 185 cm³/mol. The molecule has 0 radical (unpaired) electrons. The minimum atomic E-state index is -0.486. The number of rotatable bonds is 12. The number of allylic oxidation sites excluding steroid dienone is 2. The quantitative estimate of drug-likeness (QED) is 0.237. The maximum atomic E-state index is 11.3. The molecule has 1 saturated heterocycles. The first kappa shape index (κ1) is 35.1. The van der Waals surface area contributed by atoms with Gasteiger partial charge in [-0.1, -0.05) is 18.2 Å². The van der Waals surface area contributed by atoms with Gasteiger partial charge in [0.05, 0.1) is 36.5 Å². The Labute approximate surface area is 272 Å². The van der Waals surface area contributed by atoms with E-state index < -0.39 is 6.10 Å². The fourth-order valence-corrected chi connectivity index (χ4v) is 5.74. The topological polar surface area (TPSA) is 141 Å². The number of aliphatic imine (C=N–C) groups is 1. The zero-order valence-electron chi connectivity index (χ0n) is 27.8. The Bertz CT molecular complexity index is 1480. The first-order valence-electron chi connectivity index (χ1n) is 16.3. The standard InChI is InChI=1S/C28H40N6O3.C7H11NO/c1-20-13-21(2)15-23(14-20)34(8-4-5-27(29)36)18-22-6-7-25-26(16-22)32(3)28(31-25)30-17-24(35)19-33-9-11-37-12-10-33;1-6-3-2-4-7(9)5-8-6/h6-7,13-16,24,35H,4-5,8-12,17-19H2,1-3H3,(H2,29,36)(H,30,31);3,5,7,9H,2,4H2,1H3. The first-order chi connectivity index (χ1) is 22.1. The first-order valence-corrected chi connectivity index (χ1v) is 16.3. The molecule has 1 amide bonds. The number of primary amides is 1. The molecule has 1 fully saturated rings. The normalized spacial score (nSPS) is 17.5. The van der Waals surface area contributed by atoms with E-state index in [0.717, 1.165) is 79.6 Å². The van der Waals surface area contributed by atoms with Crippen molar-refractivity contribution in [3.8, 4) is 0 Å². The summed E-state index contributed by atoms with van der Waals surface area (Å²) in [6.07, 6.45) is 5.63. The molecular weight excluding hydrogens is 582 g/mol. The molecule has 0 spiro atoms. The van der Waals surface area contributed by atoms with E-state index in [1.807, 2.05) is 30.7 Å². The van der Waals surface area contributed by atoms with Crippen LogP contribution in [0.3, 0.4) is 0 Å². The van der Waals surface area contributed by atoms with E-state index in [1.54, 1.807) is 6.21 Å². The molecule has 46 heavy (non-hydrogen) atoms. The summed E-state index contributed by atoms with van der Waals surface area (Å²) in [5.41, 5.74) is 13.1. The molecule has 2 unspecified atom stereocenters. The smallest absolute Gasteiger partial charge is 0.217 e. The minimum absolute atomic E-state index is 0.272. The number of benzene rings is 2. The summed E-state index contributed by atoms with van der Waals surface area (Å²) < 4.78 is 7.42. The van der Waals surface area contributed by atoms with Gasteiger partial charge < -0.3 is 35.5 Å². The van der Waals surface area contributed by atoms with Gasteiger partial charge in [0.1, 0.15) is 0 Å². The number of nitrogens with two attached hydrogens (primary N) is 1. The second-order valence-electron chi connectivity index (χ2n) is 12.4. The minimum Gasteiger partial charge on any atom is -0.390 e. The largest absolute Gasteiger partial charge is 0.390 e. The van der Waals surface area contributed by atoms with Crippen molar-refractivity contribution >= 4 is 34.8 Å². The molecular formula is C35H51N7O4. The van der Waals surface area contributed by atoms with E-state index >= 15 is 0 Å². The van der Waals surface area contributed by atoms with E-state index in [0.29, 0.717) is 32.5 Å². The second-order valence-corrected chi connectivity index (χ2v) is 12.4. The number of nitrogens with zero attached hydrogens (tertiary/aromatic N) is 5. The molecule has 5 rings (SSSR count). The number of carbonyl (C=O) groups excluding carboxylic acids is 1. The molecule has 2 aliphatic rings. The van der Waals surface area contributed by atoms with Crippen molar-refractivity contribution in [1.29, 1.82) is 0 Å². The highest BCUT2D eigenvalue weighted by molar-refractivity contribution is 5.79. The highest BCUT2D eigenvalue weighted by Gasteiger charge is 2.17. The SMILES string of the molecule is CC1=CCCC(O)C=N1.Cc1cc(C)cc(N(CCCC(N)=O)Cc2ccc3nc(NCC(O)CN4CCOCC4)n(C)c3c2)c1. The van der Waals surface area contributed by atoms with Gasteiger partial charge >= 0.3 is 0 Å². The molecule has 3 aromatic rings. The third-order valence-electron chi connectivity index (χ3n) is 8.16. The van der Waals surface area contributed by atoms with Crippen molar-refractivity contribution < 1.29 is 19.7 Å². The monoisotopic (exact) mass is 633 g/mol. The number of fused-ring (bicyclic) bond motifs is 1. The number of anilines is 2. The Balaban J connectivity index is 0.000000459. The molecule has 2 aromatic carbocycles. The lowest BCUT2D eigenvalue weighted by Crippen LogP contribution is -2.42. The van der Waals surface area contributed by atoms with E-state index in [4.69, 9.17) is 20.6 Å². The molecule has 250 valence electrons. The molecule has 0 aliphatic carbocycles. The van der Waals surface area contributed by atoms with Crippen LogP contribution in [-0.2, 0) is 23.1 Å². The summed E-state index contributed by atoms with van der Waals surface area (Å²) in [7, 11) is 1.99. The molecule has 11 heteroatoms. The van der Waals surface area contributed by atoms with Crippen molar-refractivity contribution in [2.45, 2.75) is 65.2 Å². The number of hydrogen-bond acceptors (Lipinski definition) is 9. The lowest BCUT2D eigenvalue weighted by molar-refractivity contribution is -0.118. The Morgan fingerprint density at radius 1 is 1.15 bits per heavy atom. The summed E-state index contributed by atoms with van der Waals surface area (Å²) in [5.74, 6) is 0.465. The summed E-state index contributed by atoms with van der Waals surface area (Å²) >= 11 is 0. The second kappa shape index (κ2) is 17.2. The Morgan fingerprint density at radius 2 is 1.89 bits per heavy atom. The average molecular weight is 634 g/mol. The average Bonchev–Trinajstić information content (AvgIpc) is 3.19. The number of carbonyl (C=O) groups is 1. The lowest BCUT2D eigenvalue weighted by atomic mass is 10.1. The van der Waals surface area contributed by atoms with Crippen LogP contribution in [0.15, 0.2) is 53.2 Å². The van der Waals surface area contributed by atoms with Gasteiger partial charge in [-0.2, -0.15) is 0 Å². The van der Waals surface area contributed by atoms with Gasteiger partial charge in [0.2, 0.25) is 11.9 Å². The van der Waals surface area contributed by atoms with E-state index in [-0.39, 0.29) is 12.0 Å². The lowest BCUT2D eigenvalue weighted by Gasteiger charge is -2.28. The molecule has 2 atom stereocenters. The fourth-order valence-electron chi connectivity index (χ4n) is 5.74. The number of β-amino-alcohol motifs (C(OH)–C–C–N with tert-alkyl or cyclic N) is 1. The number of morpholine rings is 1. The van der Waals surface area contributed by atoms with Gasteiger partial charge in [0.25, 0.3) is 0 Å². The number of amides is 1. The van der Waals surface area contributed by atoms with Crippen LogP contribution in [0.25, 0.3) is 11.0 Å². The van der Waals surface area contributed by atoms with Gasteiger partial charge in [0.15, 0.2) is 0 Å². The van der Waals surface area contributed by atoms with Crippen LogP contribution in [0.1, 0.15) is 49.3 Å². The van der Waals surface area contributed by atoms with E-state index in [9.17, 15) is 9.90 Å². The molecule has 1 aromatic heterocycles. The predicted octanol–water partition coefficient (Wildman–Crippen LogP) is 3.68. The molecule has 11 nitrogen and oxygen atoms in total. The number of aromatic nitrogens is 2. The zero-order chi connectivity index (χ0) is 33.1. The Morgan fingerprint density at radius 3 is 2.61 bits per heavy atom. The number of nitrogens with one attached hydrogen (secondary N) is 1. The van der Waals surface area contributed by atoms with Crippen LogP contribution in [0.5, 0.6) is 0 Å².